The number of aliphatic hydroxyl groups is 1. The van der Waals surface area contributed by atoms with Crippen molar-refractivity contribution < 1.29 is 28.2 Å². The van der Waals surface area contributed by atoms with Gasteiger partial charge in [0, 0.05) is 37.9 Å². The minimum atomic E-state index is -1.29. The highest BCUT2D eigenvalue weighted by atomic mass is 35.5. The number of benzene rings is 1. The molecule has 1 aromatic carbocycles. The van der Waals surface area contributed by atoms with Crippen molar-refractivity contribution in [2.24, 2.45) is 5.92 Å². The van der Waals surface area contributed by atoms with Gasteiger partial charge in [-0.1, -0.05) is 32.0 Å². The number of carbonyl (C=O) groups is 1. The molecule has 3 unspecified atom stereocenters. The van der Waals surface area contributed by atoms with E-state index in [1.807, 2.05) is 25.7 Å². The number of fused-ring (bicyclic) bond motifs is 4. The van der Waals surface area contributed by atoms with E-state index in [-0.39, 0.29) is 64.3 Å². The van der Waals surface area contributed by atoms with Crippen molar-refractivity contribution in [2.45, 2.75) is 52.0 Å². The van der Waals surface area contributed by atoms with E-state index in [0.29, 0.717) is 30.9 Å². The molecular formula is C34H37ClF2N6O5. The van der Waals surface area contributed by atoms with Gasteiger partial charge in [0.2, 0.25) is 5.91 Å². The van der Waals surface area contributed by atoms with Crippen molar-refractivity contribution >= 4 is 40.1 Å². The highest BCUT2D eigenvalue weighted by Crippen LogP contribution is 2.40. The summed E-state index contributed by atoms with van der Waals surface area (Å²) >= 11 is 6.18. The summed E-state index contributed by atoms with van der Waals surface area (Å²) in [6, 6.07) is 3.01. The minimum absolute atomic E-state index is 0.00378. The van der Waals surface area contributed by atoms with Gasteiger partial charge in [-0.05, 0) is 56.3 Å². The van der Waals surface area contributed by atoms with Gasteiger partial charge in [0.25, 0.3) is 0 Å². The molecule has 3 aromatic rings. The number of rotatable bonds is 5. The Hall–Kier alpha value is -4.33. The number of amides is 1. The van der Waals surface area contributed by atoms with Gasteiger partial charge in [-0.3, -0.25) is 4.79 Å². The number of ether oxygens (including phenoxy) is 2. The van der Waals surface area contributed by atoms with Gasteiger partial charge in [0.1, 0.15) is 36.1 Å². The van der Waals surface area contributed by atoms with Gasteiger partial charge in [-0.25, -0.2) is 23.1 Å². The summed E-state index contributed by atoms with van der Waals surface area (Å²) in [5, 5.41) is 14.7. The standard InChI is InChI=1S/C34H37ClF2N6O5/c1-6-25(45)41-12-13-42(18(5)15-41)32-20-14-22(36)29-26-24(9-8-21(35)27(26)37)48-16-23(44)31(47-7-2)19-10-11-38-28(17(3)4)30(19)43(33(20)39-29)34(46)40-32/h6,8-11,14,17-18,23,28,31,38,44H,1,7,12-13,15-16H2,2-5H3/t18-,23?,28?,31?/m0/s1. The van der Waals surface area contributed by atoms with Gasteiger partial charge in [-0.2, -0.15) is 4.98 Å². The number of halogens is 3. The van der Waals surface area contributed by atoms with Crippen molar-refractivity contribution in [3.8, 4) is 17.0 Å². The molecule has 48 heavy (non-hydrogen) atoms. The molecule has 2 aromatic heterocycles. The second-order valence-electron chi connectivity index (χ2n) is 12.3. The molecule has 14 heteroatoms. The molecular weight excluding hydrogens is 646 g/mol. The number of nitrogens with zero attached hydrogens (tertiary/aromatic N) is 5. The van der Waals surface area contributed by atoms with Crippen LogP contribution in [-0.4, -0.2) is 87.6 Å². The fraction of sp³-hybridized carbons (Fsp3) is 0.412. The number of carbonyl (C=O) groups excluding carboxylic acids is 1. The largest absolute Gasteiger partial charge is 0.490 e. The first-order chi connectivity index (χ1) is 23.0. The first-order valence-corrected chi connectivity index (χ1v) is 16.2. The van der Waals surface area contributed by atoms with E-state index in [9.17, 15) is 14.7 Å². The summed E-state index contributed by atoms with van der Waals surface area (Å²) in [6.07, 6.45) is 2.41. The topological polar surface area (TPSA) is 122 Å². The monoisotopic (exact) mass is 682 g/mol. The number of dihydropyridines is 1. The van der Waals surface area contributed by atoms with E-state index in [0.717, 1.165) is 0 Å². The summed E-state index contributed by atoms with van der Waals surface area (Å²) in [6.45, 7) is 11.9. The van der Waals surface area contributed by atoms with Crippen molar-refractivity contribution in [1.82, 2.24) is 24.8 Å². The van der Waals surface area contributed by atoms with Gasteiger partial charge in [0.15, 0.2) is 17.3 Å². The predicted octanol–water partition coefficient (Wildman–Crippen LogP) is 4.12. The van der Waals surface area contributed by atoms with E-state index < -0.39 is 41.3 Å². The molecule has 3 aliphatic heterocycles. The van der Waals surface area contributed by atoms with E-state index in [1.54, 1.807) is 24.1 Å². The number of nitrogens with one attached hydrogen (secondary N) is 1. The molecule has 1 fully saturated rings. The maximum absolute atomic E-state index is 16.4. The second kappa shape index (κ2) is 13.3. The highest BCUT2D eigenvalue weighted by molar-refractivity contribution is 6.31. The average Bonchev–Trinajstić information content (AvgIpc) is 3.06. The van der Waals surface area contributed by atoms with Crippen LogP contribution in [0.5, 0.6) is 5.75 Å². The van der Waals surface area contributed by atoms with Crippen LogP contribution in [0.1, 0.15) is 27.7 Å². The molecule has 0 aliphatic carbocycles. The number of hydrogen-bond donors (Lipinski definition) is 2. The molecule has 3 aliphatic rings. The highest BCUT2D eigenvalue weighted by Gasteiger charge is 2.37. The van der Waals surface area contributed by atoms with E-state index >= 15 is 8.78 Å². The predicted molar refractivity (Wildman–Crippen MR) is 179 cm³/mol. The molecule has 2 bridgehead atoms. The lowest BCUT2D eigenvalue weighted by molar-refractivity contribution is -0.126. The number of aliphatic hydroxyl groups excluding tert-OH is 1. The number of anilines is 1. The van der Waals surface area contributed by atoms with Crippen LogP contribution in [0.15, 0.2) is 53.5 Å². The fourth-order valence-corrected chi connectivity index (χ4v) is 6.80. The van der Waals surface area contributed by atoms with Crippen LogP contribution in [0.25, 0.3) is 28.0 Å². The Labute approximate surface area is 281 Å². The smallest absolute Gasteiger partial charge is 0.355 e. The lowest BCUT2D eigenvalue weighted by Crippen LogP contribution is -2.54. The van der Waals surface area contributed by atoms with E-state index in [2.05, 4.69) is 21.9 Å². The molecule has 2 N–H and O–H groups in total. The van der Waals surface area contributed by atoms with Crippen LogP contribution >= 0.6 is 11.6 Å². The number of aromatic nitrogens is 3. The lowest BCUT2D eigenvalue weighted by atomic mass is 9.90. The van der Waals surface area contributed by atoms with Crippen LogP contribution in [-0.2, 0) is 9.53 Å². The first kappa shape index (κ1) is 33.6. The molecule has 0 spiro atoms. The van der Waals surface area contributed by atoms with Crippen LogP contribution in [0.3, 0.4) is 0 Å². The molecule has 0 radical (unpaired) electrons. The second-order valence-corrected chi connectivity index (χ2v) is 12.7. The molecule has 1 saturated heterocycles. The fourth-order valence-electron chi connectivity index (χ4n) is 6.65. The maximum atomic E-state index is 16.4. The first-order valence-electron chi connectivity index (χ1n) is 15.9. The Morgan fingerprint density at radius 1 is 1.29 bits per heavy atom. The lowest BCUT2D eigenvalue weighted by Gasteiger charge is -2.40. The van der Waals surface area contributed by atoms with Gasteiger partial charge >= 0.3 is 5.69 Å². The maximum Gasteiger partial charge on any atom is 0.355 e. The Morgan fingerprint density at radius 2 is 2.06 bits per heavy atom. The molecule has 4 atom stereocenters. The zero-order valence-electron chi connectivity index (χ0n) is 27.0. The molecule has 5 heterocycles. The minimum Gasteiger partial charge on any atom is -0.490 e. The van der Waals surface area contributed by atoms with Crippen molar-refractivity contribution in [3.05, 3.63) is 75.8 Å². The Morgan fingerprint density at radius 3 is 2.75 bits per heavy atom. The summed E-state index contributed by atoms with van der Waals surface area (Å²) in [4.78, 5) is 39.5. The zero-order chi connectivity index (χ0) is 34.4. The van der Waals surface area contributed by atoms with Gasteiger partial charge < -0.3 is 29.7 Å². The van der Waals surface area contributed by atoms with Gasteiger partial charge in [-0.15, -0.1) is 0 Å². The van der Waals surface area contributed by atoms with Crippen molar-refractivity contribution in [1.29, 1.82) is 0 Å². The third-order valence-corrected chi connectivity index (χ3v) is 9.22. The van der Waals surface area contributed by atoms with Crippen LogP contribution in [0.2, 0.25) is 5.02 Å². The van der Waals surface area contributed by atoms with E-state index in [1.165, 1.54) is 28.8 Å². The molecule has 0 saturated carbocycles. The normalized spacial score (nSPS) is 22.5. The molecule has 1 amide bonds. The number of hydrogen-bond acceptors (Lipinski definition) is 9. The summed E-state index contributed by atoms with van der Waals surface area (Å²) in [7, 11) is 0. The zero-order valence-corrected chi connectivity index (χ0v) is 27.8. The SMILES string of the molecule is C=CC(=O)N1CCN(c2nc(=O)n3c4nc(c(F)cc24)-c2c(ccc(Cl)c2F)OCC(O)C(OCC)C2=C3C(C(C)C)NC=C2)[C@@H](C)C1. The van der Waals surface area contributed by atoms with Gasteiger partial charge in [0.05, 0.1) is 27.7 Å². The van der Waals surface area contributed by atoms with Crippen LogP contribution in [0.4, 0.5) is 14.6 Å². The summed E-state index contributed by atoms with van der Waals surface area (Å²) in [5.41, 5.74) is -0.643. The Kier molecular flexibility index (Phi) is 9.29. The Bertz CT molecular complexity index is 1910. The summed E-state index contributed by atoms with van der Waals surface area (Å²) < 4.78 is 45.5. The van der Waals surface area contributed by atoms with Crippen LogP contribution in [0, 0.1) is 17.6 Å². The van der Waals surface area contributed by atoms with Crippen LogP contribution < -0.4 is 20.6 Å². The number of pyridine rings is 1. The average molecular weight is 683 g/mol. The third kappa shape index (κ3) is 5.73. The number of piperazine rings is 1. The Balaban J connectivity index is 1.72. The molecule has 11 nitrogen and oxygen atoms in total. The van der Waals surface area contributed by atoms with Crippen molar-refractivity contribution in [2.75, 3.05) is 37.7 Å². The quantitative estimate of drug-likeness (QED) is 0.383. The van der Waals surface area contributed by atoms with Crippen molar-refractivity contribution in [3.63, 3.8) is 0 Å². The summed E-state index contributed by atoms with van der Waals surface area (Å²) in [5.74, 6) is -2.14. The molecule has 254 valence electrons. The third-order valence-electron chi connectivity index (χ3n) is 8.93. The molecule has 6 rings (SSSR count). The van der Waals surface area contributed by atoms with E-state index in [4.69, 9.17) is 21.1 Å².